The molecule has 1 aromatic carbocycles. The van der Waals surface area contributed by atoms with Crippen molar-refractivity contribution in [3.63, 3.8) is 0 Å². The lowest BCUT2D eigenvalue weighted by Crippen LogP contribution is -2.44. The van der Waals surface area contributed by atoms with Gasteiger partial charge in [0.2, 0.25) is 0 Å². The zero-order valence-electron chi connectivity index (χ0n) is 15.8. The van der Waals surface area contributed by atoms with Crippen LogP contribution in [0.2, 0.25) is 0 Å². The van der Waals surface area contributed by atoms with Gasteiger partial charge in [0.15, 0.2) is 5.13 Å². The molecule has 146 valence electrons. The van der Waals surface area contributed by atoms with E-state index in [4.69, 9.17) is 4.74 Å². The van der Waals surface area contributed by atoms with Crippen LogP contribution in [0.3, 0.4) is 0 Å². The number of carbonyl (C=O) groups excluding carboxylic acids is 1. The monoisotopic (exact) mass is 398 g/mol. The molecule has 3 heterocycles. The van der Waals surface area contributed by atoms with E-state index in [1.54, 1.807) is 12.1 Å². The van der Waals surface area contributed by atoms with Crippen LogP contribution in [-0.4, -0.2) is 46.1 Å². The van der Waals surface area contributed by atoms with Gasteiger partial charge in [-0.3, -0.25) is 19.8 Å². The highest BCUT2D eigenvalue weighted by Crippen LogP contribution is 2.20. The Balaban J connectivity index is 1.46. The number of hydrogen-bond donors (Lipinski definition) is 2. The summed E-state index contributed by atoms with van der Waals surface area (Å²) in [6.45, 7) is 6.56. The van der Waals surface area contributed by atoms with Crippen molar-refractivity contribution in [2.24, 2.45) is 0 Å². The Morgan fingerprint density at radius 2 is 2.07 bits per heavy atom. The Morgan fingerprint density at radius 1 is 1.32 bits per heavy atom. The van der Waals surface area contributed by atoms with Crippen molar-refractivity contribution in [1.82, 2.24) is 14.9 Å². The second-order valence-electron chi connectivity index (χ2n) is 7.15. The third-order valence-corrected chi connectivity index (χ3v) is 5.46. The Bertz CT molecular complexity index is 1050. The van der Waals surface area contributed by atoms with Gasteiger partial charge in [0, 0.05) is 30.5 Å². The summed E-state index contributed by atoms with van der Waals surface area (Å²) in [5.74, 6) is -0.457. The van der Waals surface area contributed by atoms with Crippen molar-refractivity contribution in [2.45, 2.75) is 32.6 Å². The highest BCUT2D eigenvalue weighted by atomic mass is 32.1. The number of amides is 1. The Morgan fingerprint density at radius 3 is 2.86 bits per heavy atom. The van der Waals surface area contributed by atoms with Crippen molar-refractivity contribution in [2.75, 3.05) is 18.4 Å². The van der Waals surface area contributed by atoms with Crippen molar-refractivity contribution < 1.29 is 9.53 Å². The summed E-state index contributed by atoms with van der Waals surface area (Å²) in [4.78, 5) is 34.4. The molecule has 0 unspecified atom stereocenters. The molecule has 1 aliphatic rings. The summed E-state index contributed by atoms with van der Waals surface area (Å²) in [6.07, 6.45) is 0.391. The van der Waals surface area contributed by atoms with Crippen molar-refractivity contribution >= 4 is 33.3 Å². The molecule has 1 saturated heterocycles. The minimum absolute atomic E-state index is 0.0753. The summed E-state index contributed by atoms with van der Waals surface area (Å²) < 4.78 is 5.75. The van der Waals surface area contributed by atoms with E-state index in [-0.39, 0.29) is 17.8 Å². The minimum atomic E-state index is -0.457. The predicted octanol–water partition coefficient (Wildman–Crippen LogP) is 2.85. The molecule has 2 atom stereocenters. The molecule has 0 radical (unpaired) electrons. The average Bonchev–Trinajstić information content (AvgIpc) is 3.06. The number of benzene rings is 1. The third-order valence-electron chi connectivity index (χ3n) is 4.65. The van der Waals surface area contributed by atoms with Gasteiger partial charge in [-0.15, -0.1) is 11.3 Å². The van der Waals surface area contributed by atoms with E-state index in [0.717, 1.165) is 24.2 Å². The van der Waals surface area contributed by atoms with Crippen molar-refractivity contribution in [3.8, 4) is 0 Å². The number of aromatic amines is 1. The van der Waals surface area contributed by atoms with E-state index >= 15 is 0 Å². The zero-order valence-corrected chi connectivity index (χ0v) is 16.6. The normalized spacial score (nSPS) is 20.4. The SMILES string of the molecule is C[C@@H]1CN(Cc2csc(NC(=O)c3cc4ccccc4[nH]c3=O)n2)C[C@@H](C)O1. The fourth-order valence-electron chi connectivity index (χ4n) is 3.56. The lowest BCUT2D eigenvalue weighted by molar-refractivity contribution is -0.0707. The maximum absolute atomic E-state index is 12.6. The number of fused-ring (bicyclic) bond motifs is 1. The summed E-state index contributed by atoms with van der Waals surface area (Å²) >= 11 is 1.36. The second kappa shape index (κ2) is 7.83. The van der Waals surface area contributed by atoms with Crippen molar-refractivity contribution in [1.29, 1.82) is 0 Å². The Kier molecular flexibility index (Phi) is 5.25. The number of ether oxygens (including phenoxy) is 1. The molecule has 7 nitrogen and oxygen atoms in total. The first-order valence-corrected chi connectivity index (χ1v) is 10.1. The van der Waals surface area contributed by atoms with E-state index in [2.05, 4.69) is 34.0 Å². The number of nitrogens with zero attached hydrogens (tertiary/aromatic N) is 2. The van der Waals surface area contributed by atoms with Crippen LogP contribution in [0.1, 0.15) is 29.9 Å². The van der Waals surface area contributed by atoms with Crippen LogP contribution < -0.4 is 10.9 Å². The van der Waals surface area contributed by atoms with Gasteiger partial charge in [-0.2, -0.15) is 0 Å². The first-order chi connectivity index (χ1) is 13.5. The number of morpholine rings is 1. The van der Waals surface area contributed by atoms with E-state index in [1.807, 2.05) is 23.6 Å². The molecule has 1 aliphatic heterocycles. The molecular formula is C20H22N4O3S. The number of H-pyrrole nitrogens is 1. The van der Waals surface area contributed by atoms with Crippen LogP contribution in [0.4, 0.5) is 5.13 Å². The van der Waals surface area contributed by atoms with E-state index in [1.165, 1.54) is 11.3 Å². The smallest absolute Gasteiger partial charge is 0.263 e. The summed E-state index contributed by atoms with van der Waals surface area (Å²) in [5.41, 5.74) is 1.26. The molecule has 0 aliphatic carbocycles. The predicted molar refractivity (Wildman–Crippen MR) is 110 cm³/mol. The third kappa shape index (κ3) is 4.14. The van der Waals surface area contributed by atoms with E-state index < -0.39 is 11.5 Å². The van der Waals surface area contributed by atoms with Gasteiger partial charge in [0.25, 0.3) is 11.5 Å². The standard InChI is InChI=1S/C20H22N4O3S/c1-12-8-24(9-13(2)27-12)10-15-11-28-20(21-15)23-19(26)16-7-14-5-3-4-6-17(14)22-18(16)25/h3-7,11-13H,8-10H2,1-2H3,(H,22,25)(H,21,23,26)/t12-,13-/m1/s1. The number of para-hydroxylation sites is 1. The van der Waals surface area contributed by atoms with Gasteiger partial charge in [-0.1, -0.05) is 18.2 Å². The molecule has 0 bridgehead atoms. The molecule has 3 aromatic rings. The number of aromatic nitrogens is 2. The largest absolute Gasteiger partial charge is 0.373 e. The number of carbonyl (C=O) groups is 1. The van der Waals surface area contributed by atoms with Gasteiger partial charge in [0.05, 0.1) is 17.9 Å². The first-order valence-electron chi connectivity index (χ1n) is 9.23. The molecule has 8 heteroatoms. The highest BCUT2D eigenvalue weighted by molar-refractivity contribution is 7.14. The average molecular weight is 398 g/mol. The number of pyridine rings is 1. The van der Waals surface area contributed by atoms with Crippen LogP contribution in [0.25, 0.3) is 10.9 Å². The Hall–Kier alpha value is -2.55. The van der Waals surface area contributed by atoms with Crippen LogP contribution in [0.5, 0.6) is 0 Å². The van der Waals surface area contributed by atoms with Crippen LogP contribution in [0, 0.1) is 0 Å². The molecule has 2 aromatic heterocycles. The van der Waals surface area contributed by atoms with E-state index in [9.17, 15) is 9.59 Å². The molecule has 4 rings (SSSR count). The summed E-state index contributed by atoms with van der Waals surface area (Å²) in [5, 5.41) is 5.98. The number of hydrogen-bond acceptors (Lipinski definition) is 6. The van der Waals surface area contributed by atoms with Crippen molar-refractivity contribution in [3.05, 3.63) is 57.3 Å². The van der Waals surface area contributed by atoms with Gasteiger partial charge < -0.3 is 9.72 Å². The number of thiazole rings is 1. The lowest BCUT2D eigenvalue weighted by Gasteiger charge is -2.34. The van der Waals surface area contributed by atoms with Gasteiger partial charge in [-0.05, 0) is 31.4 Å². The second-order valence-corrected chi connectivity index (χ2v) is 8.01. The lowest BCUT2D eigenvalue weighted by atomic mass is 10.1. The van der Waals surface area contributed by atoms with Gasteiger partial charge >= 0.3 is 0 Å². The molecule has 0 saturated carbocycles. The first kappa shape index (κ1) is 18.8. The number of rotatable bonds is 4. The van der Waals surface area contributed by atoms with Crippen LogP contribution >= 0.6 is 11.3 Å². The summed E-state index contributed by atoms with van der Waals surface area (Å²) in [7, 11) is 0. The quantitative estimate of drug-likeness (QED) is 0.706. The molecule has 1 amide bonds. The van der Waals surface area contributed by atoms with Gasteiger partial charge in [0.1, 0.15) is 5.56 Å². The van der Waals surface area contributed by atoms with Crippen LogP contribution in [-0.2, 0) is 11.3 Å². The minimum Gasteiger partial charge on any atom is -0.373 e. The molecule has 2 N–H and O–H groups in total. The maximum atomic E-state index is 12.6. The number of nitrogens with one attached hydrogen (secondary N) is 2. The highest BCUT2D eigenvalue weighted by Gasteiger charge is 2.23. The molecule has 1 fully saturated rings. The molecule has 0 spiro atoms. The zero-order chi connectivity index (χ0) is 19.7. The topological polar surface area (TPSA) is 87.3 Å². The molecule has 28 heavy (non-hydrogen) atoms. The fourth-order valence-corrected chi connectivity index (χ4v) is 4.26. The van der Waals surface area contributed by atoms with Gasteiger partial charge in [-0.25, -0.2) is 4.98 Å². The van der Waals surface area contributed by atoms with E-state index in [0.29, 0.717) is 17.2 Å². The maximum Gasteiger partial charge on any atom is 0.263 e. The molecular weight excluding hydrogens is 376 g/mol. The van der Waals surface area contributed by atoms with Crippen LogP contribution in [0.15, 0.2) is 40.5 Å². The summed E-state index contributed by atoms with van der Waals surface area (Å²) in [6, 6.07) is 8.97. The number of anilines is 1. The Labute approximate surface area is 166 Å². The fraction of sp³-hybridized carbons (Fsp3) is 0.350.